The quantitative estimate of drug-likeness (QED) is 0.602. The topological polar surface area (TPSA) is 86.5 Å². The van der Waals surface area contributed by atoms with Crippen molar-refractivity contribution in [3.8, 4) is 5.75 Å². The lowest BCUT2D eigenvalue weighted by Crippen LogP contribution is -2.22. The molecule has 0 heterocycles. The zero-order valence-electron chi connectivity index (χ0n) is 11.9. The first-order valence-electron chi connectivity index (χ1n) is 6.50. The maximum Gasteiger partial charge on any atom is 0.225 e. The second kappa shape index (κ2) is 6.57. The highest BCUT2D eigenvalue weighted by molar-refractivity contribution is 7.91. The number of sulfone groups is 1. The number of benzene rings is 2. The molecule has 0 N–H and O–H groups in total. The summed E-state index contributed by atoms with van der Waals surface area (Å²) in [6.07, 6.45) is 0. The smallest absolute Gasteiger partial charge is 0.225 e. The summed E-state index contributed by atoms with van der Waals surface area (Å²) < 4.78 is 30.4. The van der Waals surface area contributed by atoms with Gasteiger partial charge in [-0.05, 0) is 29.8 Å². The normalized spacial score (nSPS) is 12.6. The van der Waals surface area contributed by atoms with Crippen LogP contribution >= 0.6 is 0 Å². The van der Waals surface area contributed by atoms with Crippen LogP contribution in [0.4, 0.5) is 0 Å². The highest BCUT2D eigenvalue weighted by Gasteiger charge is 2.33. The highest BCUT2D eigenvalue weighted by atomic mass is 32.2. The van der Waals surface area contributed by atoms with Gasteiger partial charge in [0.05, 0.1) is 12.0 Å². The van der Waals surface area contributed by atoms with E-state index in [2.05, 4.69) is 0 Å². The minimum Gasteiger partial charge on any atom is -0.497 e. The Bertz CT molecular complexity index is 741. The number of ether oxygens (including phenoxy) is 1. The Balaban J connectivity index is 2.46. The van der Waals surface area contributed by atoms with Gasteiger partial charge in [0.25, 0.3) is 0 Å². The zero-order valence-corrected chi connectivity index (χ0v) is 12.7. The summed E-state index contributed by atoms with van der Waals surface area (Å²) in [4.78, 5) is 10.3. The van der Waals surface area contributed by atoms with Crippen LogP contribution in [0, 0.1) is 10.1 Å². The number of hydrogen-bond donors (Lipinski definition) is 0. The molecule has 1 unspecified atom stereocenters. The Morgan fingerprint density at radius 2 is 1.68 bits per heavy atom. The van der Waals surface area contributed by atoms with Gasteiger partial charge < -0.3 is 4.74 Å². The average molecular weight is 321 g/mol. The highest BCUT2D eigenvalue weighted by Crippen LogP contribution is 2.30. The van der Waals surface area contributed by atoms with Crippen molar-refractivity contribution in [1.29, 1.82) is 0 Å². The Morgan fingerprint density at radius 3 is 2.18 bits per heavy atom. The Labute approximate surface area is 128 Å². The SMILES string of the molecule is COc1ccc(S(=O)(=O)C(C[N+](=O)[O-])c2ccccc2)cc1. The summed E-state index contributed by atoms with van der Waals surface area (Å²) in [5.41, 5.74) is 0.398. The van der Waals surface area contributed by atoms with E-state index in [-0.39, 0.29) is 4.90 Å². The van der Waals surface area contributed by atoms with Crippen LogP contribution in [0.1, 0.15) is 10.8 Å². The molecule has 0 aliphatic carbocycles. The molecule has 0 aromatic heterocycles. The van der Waals surface area contributed by atoms with Gasteiger partial charge in [-0.15, -0.1) is 0 Å². The van der Waals surface area contributed by atoms with Crippen molar-refractivity contribution in [2.45, 2.75) is 10.1 Å². The van der Waals surface area contributed by atoms with Gasteiger partial charge in [-0.1, -0.05) is 30.3 Å². The number of nitro groups is 1. The number of methoxy groups -OCH3 is 1. The van der Waals surface area contributed by atoms with Crippen molar-refractivity contribution in [2.24, 2.45) is 0 Å². The summed E-state index contributed by atoms with van der Waals surface area (Å²) in [5.74, 6) is 0.518. The molecule has 22 heavy (non-hydrogen) atoms. The fourth-order valence-electron chi connectivity index (χ4n) is 2.12. The lowest BCUT2D eigenvalue weighted by atomic mass is 10.1. The number of nitrogens with zero attached hydrogens (tertiary/aromatic N) is 1. The van der Waals surface area contributed by atoms with Crippen molar-refractivity contribution in [1.82, 2.24) is 0 Å². The van der Waals surface area contributed by atoms with Crippen molar-refractivity contribution in [3.05, 3.63) is 70.3 Å². The largest absolute Gasteiger partial charge is 0.497 e. The predicted molar refractivity (Wildman–Crippen MR) is 81.2 cm³/mol. The van der Waals surface area contributed by atoms with Crippen LogP contribution in [-0.4, -0.2) is 27.0 Å². The van der Waals surface area contributed by atoms with Gasteiger partial charge in [0.2, 0.25) is 6.54 Å². The summed E-state index contributed by atoms with van der Waals surface area (Å²) in [6, 6.07) is 14.0. The van der Waals surface area contributed by atoms with Crippen molar-refractivity contribution >= 4 is 9.84 Å². The molecule has 2 aromatic carbocycles. The van der Waals surface area contributed by atoms with Crippen LogP contribution in [-0.2, 0) is 9.84 Å². The van der Waals surface area contributed by atoms with Gasteiger partial charge in [-0.2, -0.15) is 0 Å². The van der Waals surface area contributed by atoms with Crippen LogP contribution < -0.4 is 4.74 Å². The Morgan fingerprint density at radius 1 is 1.09 bits per heavy atom. The molecule has 0 radical (unpaired) electrons. The van der Waals surface area contributed by atoms with Gasteiger partial charge in [-0.25, -0.2) is 8.42 Å². The first kappa shape index (κ1) is 16.0. The molecule has 2 rings (SSSR count). The van der Waals surface area contributed by atoms with E-state index in [1.54, 1.807) is 30.3 Å². The molecule has 0 bridgehead atoms. The third-order valence-electron chi connectivity index (χ3n) is 3.25. The minimum atomic E-state index is -3.87. The molecule has 2 aromatic rings. The third kappa shape index (κ3) is 3.43. The second-order valence-corrected chi connectivity index (χ2v) is 6.77. The van der Waals surface area contributed by atoms with Gasteiger partial charge in [0.1, 0.15) is 5.75 Å². The summed E-state index contributed by atoms with van der Waals surface area (Å²) >= 11 is 0. The molecule has 7 heteroatoms. The lowest BCUT2D eigenvalue weighted by Gasteiger charge is -2.15. The summed E-state index contributed by atoms with van der Waals surface area (Å²) in [5, 5.41) is 9.66. The van der Waals surface area contributed by atoms with E-state index in [0.29, 0.717) is 11.3 Å². The summed E-state index contributed by atoms with van der Waals surface area (Å²) in [6.45, 7) is -0.682. The monoisotopic (exact) mass is 321 g/mol. The lowest BCUT2D eigenvalue weighted by molar-refractivity contribution is -0.479. The molecule has 6 nitrogen and oxygen atoms in total. The maximum absolute atomic E-state index is 12.7. The minimum absolute atomic E-state index is 0.0315. The molecule has 0 spiro atoms. The second-order valence-electron chi connectivity index (χ2n) is 4.64. The zero-order chi connectivity index (χ0) is 16.2. The maximum atomic E-state index is 12.7. The van der Waals surface area contributed by atoms with Crippen LogP contribution in [0.15, 0.2) is 59.5 Å². The van der Waals surface area contributed by atoms with E-state index in [9.17, 15) is 18.5 Å². The first-order valence-corrected chi connectivity index (χ1v) is 8.04. The average Bonchev–Trinajstić information content (AvgIpc) is 2.53. The van der Waals surface area contributed by atoms with Crippen molar-refractivity contribution in [2.75, 3.05) is 13.7 Å². The van der Waals surface area contributed by atoms with E-state index in [1.165, 1.54) is 31.4 Å². The van der Waals surface area contributed by atoms with Crippen LogP contribution in [0.3, 0.4) is 0 Å². The first-order chi connectivity index (χ1) is 10.4. The van der Waals surface area contributed by atoms with E-state index in [0.717, 1.165) is 0 Å². The number of rotatable bonds is 6. The molecule has 0 saturated carbocycles. The molecule has 0 aliphatic rings. The molecule has 1 atom stereocenters. The molecule has 0 saturated heterocycles. The van der Waals surface area contributed by atoms with Crippen LogP contribution in [0.2, 0.25) is 0 Å². The fourth-order valence-corrected chi connectivity index (χ4v) is 3.79. The molecule has 0 amide bonds. The summed E-state index contributed by atoms with van der Waals surface area (Å²) in [7, 11) is -2.40. The van der Waals surface area contributed by atoms with E-state index >= 15 is 0 Å². The predicted octanol–water partition coefficient (Wildman–Crippen LogP) is 2.49. The third-order valence-corrected chi connectivity index (χ3v) is 5.35. The molecule has 116 valence electrons. The van der Waals surface area contributed by atoms with Gasteiger partial charge >= 0.3 is 0 Å². The standard InChI is InChI=1S/C15H15NO5S/c1-21-13-7-9-14(10-8-13)22(19,20)15(11-16(17)18)12-5-3-2-4-6-12/h2-10,15H,11H2,1H3. The van der Waals surface area contributed by atoms with Gasteiger partial charge in [-0.3, -0.25) is 10.1 Å². The van der Waals surface area contributed by atoms with Crippen molar-refractivity contribution < 1.29 is 18.1 Å². The van der Waals surface area contributed by atoms with Crippen LogP contribution in [0.5, 0.6) is 5.75 Å². The molecular weight excluding hydrogens is 306 g/mol. The van der Waals surface area contributed by atoms with Gasteiger partial charge in [0.15, 0.2) is 15.1 Å². The Kier molecular flexibility index (Phi) is 4.77. The van der Waals surface area contributed by atoms with Gasteiger partial charge in [0, 0.05) is 4.92 Å². The molecule has 0 aliphatic heterocycles. The van der Waals surface area contributed by atoms with Crippen LogP contribution in [0.25, 0.3) is 0 Å². The molecular formula is C15H15NO5S. The van der Waals surface area contributed by atoms with E-state index < -0.39 is 26.6 Å². The fraction of sp³-hybridized carbons (Fsp3) is 0.200. The van der Waals surface area contributed by atoms with Crippen molar-refractivity contribution in [3.63, 3.8) is 0 Å². The van der Waals surface area contributed by atoms with E-state index in [4.69, 9.17) is 4.74 Å². The molecule has 0 fully saturated rings. The van der Waals surface area contributed by atoms with E-state index in [1.807, 2.05) is 0 Å². The number of hydrogen-bond acceptors (Lipinski definition) is 5. The Hall–Kier alpha value is -2.41.